The number of carbonyl (C=O) groups excluding carboxylic acids is 1. The number of carbonyl (C=O) groups is 1. The molecule has 2 rings (SSSR count). The first kappa shape index (κ1) is 18.9. The lowest BCUT2D eigenvalue weighted by Crippen LogP contribution is -2.13. The summed E-state index contributed by atoms with van der Waals surface area (Å²) in [6, 6.07) is 5.99. The number of aliphatic hydroxyl groups is 1. The van der Waals surface area contributed by atoms with Gasteiger partial charge in [0.25, 0.3) is 10.1 Å². The van der Waals surface area contributed by atoms with Gasteiger partial charge in [0.1, 0.15) is 0 Å². The molecule has 0 aliphatic carbocycles. The molecule has 8 heteroatoms. The minimum absolute atomic E-state index is 0.0592. The predicted octanol–water partition coefficient (Wildman–Crippen LogP) is 1.14. The molecule has 0 fully saturated rings. The largest absolute Gasteiger partial charge is 0.396 e. The summed E-state index contributed by atoms with van der Waals surface area (Å²) in [5.41, 5.74) is 7.31. The molecule has 1 aliphatic heterocycles. The normalized spacial score (nSPS) is 17.7. The van der Waals surface area contributed by atoms with E-state index in [0.717, 1.165) is 11.1 Å². The molecule has 0 radical (unpaired) electrons. The van der Waals surface area contributed by atoms with E-state index in [-0.39, 0.29) is 21.9 Å². The zero-order chi connectivity index (χ0) is 16.8. The highest BCUT2D eigenvalue weighted by atomic mass is 32.2. The van der Waals surface area contributed by atoms with Crippen molar-refractivity contribution in [3.8, 4) is 0 Å². The van der Waals surface area contributed by atoms with Gasteiger partial charge in [-0.3, -0.25) is 9.35 Å². The van der Waals surface area contributed by atoms with Crippen LogP contribution in [-0.2, 0) is 14.9 Å². The molecule has 22 heavy (non-hydrogen) atoms. The summed E-state index contributed by atoms with van der Waals surface area (Å²) in [4.78, 5) is 10.8. The number of benzene rings is 1. The fourth-order valence-electron chi connectivity index (χ4n) is 1.76. The van der Waals surface area contributed by atoms with E-state index in [9.17, 15) is 13.2 Å². The van der Waals surface area contributed by atoms with Crippen LogP contribution in [0.25, 0.3) is 0 Å². The third-order valence-corrected chi connectivity index (χ3v) is 4.96. The summed E-state index contributed by atoms with van der Waals surface area (Å²) in [7, 11) is -4.02. The van der Waals surface area contributed by atoms with E-state index in [0.29, 0.717) is 13.0 Å². The second-order valence-electron chi connectivity index (χ2n) is 4.65. The van der Waals surface area contributed by atoms with Gasteiger partial charge in [-0.2, -0.15) is 8.42 Å². The zero-order valence-corrected chi connectivity index (χ0v) is 13.7. The molecule has 122 valence electrons. The van der Waals surface area contributed by atoms with Crippen molar-refractivity contribution in [1.29, 1.82) is 0 Å². The van der Waals surface area contributed by atoms with Crippen molar-refractivity contribution < 1.29 is 22.9 Å². The van der Waals surface area contributed by atoms with Gasteiger partial charge in [-0.15, -0.1) is 0 Å². The zero-order valence-electron chi connectivity index (χ0n) is 12.1. The van der Waals surface area contributed by atoms with Crippen LogP contribution in [0.1, 0.15) is 12.0 Å². The third kappa shape index (κ3) is 5.90. The lowest BCUT2D eigenvalue weighted by atomic mass is 10.1. The van der Waals surface area contributed by atoms with Crippen molar-refractivity contribution in [3.05, 3.63) is 41.5 Å². The lowest BCUT2D eigenvalue weighted by Gasteiger charge is -2.08. The third-order valence-electron chi connectivity index (χ3n) is 2.92. The average molecular weight is 345 g/mol. The highest BCUT2D eigenvalue weighted by molar-refractivity contribution is 8.15. The van der Waals surface area contributed by atoms with Crippen LogP contribution >= 0.6 is 11.8 Å². The smallest absolute Gasteiger partial charge is 0.294 e. The fourth-order valence-corrected chi connectivity index (χ4v) is 3.28. The van der Waals surface area contributed by atoms with Crippen LogP contribution in [-0.4, -0.2) is 41.6 Å². The van der Waals surface area contributed by atoms with Gasteiger partial charge in [0.15, 0.2) is 0 Å². The Morgan fingerprint density at radius 3 is 2.32 bits per heavy atom. The van der Waals surface area contributed by atoms with Crippen molar-refractivity contribution in [3.63, 3.8) is 0 Å². The molecule has 0 bridgehead atoms. The summed E-state index contributed by atoms with van der Waals surface area (Å²) in [6.07, 6.45) is 2.20. The van der Waals surface area contributed by atoms with Crippen molar-refractivity contribution in [2.75, 3.05) is 13.2 Å². The Bertz CT molecular complexity index is 638. The summed E-state index contributed by atoms with van der Waals surface area (Å²) in [6.45, 7) is 2.37. The molecule has 1 aliphatic rings. The van der Waals surface area contributed by atoms with Gasteiger partial charge in [-0.05, 0) is 37.1 Å². The maximum absolute atomic E-state index is 10.8. The van der Waals surface area contributed by atoms with E-state index in [1.165, 1.54) is 23.9 Å². The highest BCUT2D eigenvalue weighted by Gasteiger charge is 2.23. The summed E-state index contributed by atoms with van der Waals surface area (Å²) >= 11 is 1.25. The molecular weight excluding hydrogens is 326 g/mol. The summed E-state index contributed by atoms with van der Waals surface area (Å²) < 4.78 is 29.6. The van der Waals surface area contributed by atoms with Gasteiger partial charge in [-0.1, -0.05) is 29.5 Å². The average Bonchev–Trinajstić information content (AvgIpc) is 2.79. The molecule has 6 nitrogen and oxygen atoms in total. The van der Waals surface area contributed by atoms with E-state index >= 15 is 0 Å². The first-order chi connectivity index (χ1) is 10.3. The number of thioether (sulfide) groups is 1. The van der Waals surface area contributed by atoms with Crippen molar-refractivity contribution in [2.24, 2.45) is 5.73 Å². The van der Waals surface area contributed by atoms with Crippen molar-refractivity contribution in [2.45, 2.75) is 23.5 Å². The SMILES string of the molecule is Cc1ccc(S(=O)(=O)O)cc1.NCC1=CC(=O)SC1CCO. The number of aryl methyl sites for hydroxylation is 1. The van der Waals surface area contributed by atoms with Crippen LogP contribution < -0.4 is 5.73 Å². The Labute approximate surface area is 134 Å². The van der Waals surface area contributed by atoms with Gasteiger partial charge in [0, 0.05) is 18.4 Å². The molecule has 1 aromatic carbocycles. The van der Waals surface area contributed by atoms with Gasteiger partial charge in [0.05, 0.1) is 4.90 Å². The number of hydrogen-bond acceptors (Lipinski definition) is 6. The Kier molecular flexibility index (Phi) is 7.24. The minimum atomic E-state index is -4.02. The van der Waals surface area contributed by atoms with Crippen molar-refractivity contribution in [1.82, 2.24) is 0 Å². The molecule has 1 heterocycles. The number of rotatable bonds is 4. The molecule has 4 N–H and O–H groups in total. The number of nitrogens with two attached hydrogens (primary N) is 1. The summed E-state index contributed by atoms with van der Waals surface area (Å²) in [5.74, 6) is 0. The quantitative estimate of drug-likeness (QED) is 0.700. The first-order valence-electron chi connectivity index (χ1n) is 6.54. The van der Waals surface area contributed by atoms with E-state index < -0.39 is 10.1 Å². The number of aliphatic hydroxyl groups excluding tert-OH is 1. The molecule has 0 amide bonds. The fraction of sp³-hybridized carbons (Fsp3) is 0.357. The standard InChI is InChI=1S/C7H11NO2S.C7H8O3S/c8-4-5-3-7(10)11-6(5)1-2-9;1-6-2-4-7(5-3-6)11(8,9)10/h3,6,9H,1-2,4,8H2;2-5H,1H3,(H,8,9,10). The molecule has 0 saturated carbocycles. The second-order valence-corrected chi connectivity index (χ2v) is 7.28. The molecule has 0 spiro atoms. The molecule has 1 atom stereocenters. The van der Waals surface area contributed by atoms with Crippen molar-refractivity contribution >= 4 is 27.0 Å². The maximum Gasteiger partial charge on any atom is 0.294 e. The molecule has 1 aromatic rings. The summed E-state index contributed by atoms with van der Waals surface area (Å²) in [5, 5.41) is 8.82. The van der Waals surface area contributed by atoms with Crippen LogP contribution in [0.4, 0.5) is 0 Å². The topological polar surface area (TPSA) is 118 Å². The van der Waals surface area contributed by atoms with Crippen LogP contribution in [0.2, 0.25) is 0 Å². The Balaban J connectivity index is 0.000000220. The van der Waals surface area contributed by atoms with Crippen LogP contribution in [0.15, 0.2) is 40.8 Å². The van der Waals surface area contributed by atoms with Gasteiger partial charge in [0.2, 0.25) is 5.12 Å². The highest BCUT2D eigenvalue weighted by Crippen LogP contribution is 2.29. The molecule has 0 saturated heterocycles. The monoisotopic (exact) mass is 345 g/mol. The van der Waals surface area contributed by atoms with Crippen LogP contribution in [0, 0.1) is 6.92 Å². The lowest BCUT2D eigenvalue weighted by molar-refractivity contribution is -0.106. The van der Waals surface area contributed by atoms with E-state index in [4.69, 9.17) is 15.4 Å². The van der Waals surface area contributed by atoms with E-state index in [1.54, 1.807) is 18.2 Å². The maximum atomic E-state index is 10.8. The van der Waals surface area contributed by atoms with E-state index in [2.05, 4.69) is 0 Å². The van der Waals surface area contributed by atoms with Gasteiger partial charge in [-0.25, -0.2) is 0 Å². The molecule has 1 unspecified atom stereocenters. The van der Waals surface area contributed by atoms with Gasteiger partial charge >= 0.3 is 0 Å². The van der Waals surface area contributed by atoms with Crippen LogP contribution in [0.3, 0.4) is 0 Å². The first-order valence-corrected chi connectivity index (χ1v) is 8.86. The van der Waals surface area contributed by atoms with Crippen LogP contribution in [0.5, 0.6) is 0 Å². The predicted molar refractivity (Wildman–Crippen MR) is 86.2 cm³/mol. The molecular formula is C14H19NO5S2. The Hall–Kier alpha value is -1.19. The van der Waals surface area contributed by atoms with Gasteiger partial charge < -0.3 is 10.8 Å². The minimum Gasteiger partial charge on any atom is -0.396 e. The Morgan fingerprint density at radius 1 is 1.27 bits per heavy atom. The Morgan fingerprint density at radius 2 is 1.86 bits per heavy atom. The van der Waals surface area contributed by atoms with E-state index in [1.807, 2.05) is 6.92 Å². The second kappa shape index (κ2) is 8.44. The number of hydrogen-bond donors (Lipinski definition) is 3. The molecule has 0 aromatic heterocycles.